The van der Waals surface area contributed by atoms with Gasteiger partial charge in [0, 0.05) is 33.0 Å². The predicted octanol–water partition coefficient (Wildman–Crippen LogP) is 2.91. The van der Waals surface area contributed by atoms with Crippen LogP contribution in [-0.2, 0) is 0 Å². The van der Waals surface area contributed by atoms with Crippen molar-refractivity contribution in [2.75, 3.05) is 11.1 Å². The van der Waals surface area contributed by atoms with Crippen LogP contribution in [0.4, 0.5) is 10.8 Å². The third kappa shape index (κ3) is 2.47. The molecule has 0 bridgehead atoms. The van der Waals surface area contributed by atoms with Crippen LogP contribution < -0.4 is 11.1 Å². The minimum atomic E-state index is -0.262. The Bertz CT molecular complexity index is 852. The minimum absolute atomic E-state index is 0.262. The lowest BCUT2D eigenvalue weighted by molar-refractivity contribution is 0.103. The van der Waals surface area contributed by atoms with Gasteiger partial charge in [-0.15, -0.1) is 11.3 Å². The molecule has 3 N–H and O–H groups in total. The van der Waals surface area contributed by atoms with Crippen molar-refractivity contribution in [2.24, 2.45) is 0 Å². The first-order valence-electron chi connectivity index (χ1n) is 6.23. The molecular weight excluding hydrogens is 306 g/mol. The van der Waals surface area contributed by atoms with Gasteiger partial charge in [-0.1, -0.05) is 0 Å². The van der Waals surface area contributed by atoms with Gasteiger partial charge in [0.15, 0.2) is 0 Å². The highest BCUT2D eigenvalue weighted by atomic mass is 32.1. The lowest BCUT2D eigenvalue weighted by atomic mass is 10.2. The maximum Gasteiger partial charge on any atom is 0.269 e. The Morgan fingerprint density at radius 1 is 1.29 bits per heavy atom. The Morgan fingerprint density at radius 2 is 2.05 bits per heavy atom. The van der Waals surface area contributed by atoms with Crippen molar-refractivity contribution in [3.8, 4) is 0 Å². The van der Waals surface area contributed by atoms with Crippen LogP contribution in [0.2, 0.25) is 0 Å². The van der Waals surface area contributed by atoms with E-state index in [1.807, 2.05) is 19.9 Å². The number of hydrogen-bond acceptors (Lipinski definition) is 7. The molecule has 0 aliphatic carbocycles. The second-order valence-corrected chi connectivity index (χ2v) is 6.47. The van der Waals surface area contributed by atoms with Gasteiger partial charge in [0.05, 0.1) is 5.69 Å². The molecule has 3 aromatic rings. The van der Waals surface area contributed by atoms with Crippen molar-refractivity contribution in [1.29, 1.82) is 0 Å². The van der Waals surface area contributed by atoms with Gasteiger partial charge < -0.3 is 5.73 Å². The van der Waals surface area contributed by atoms with Gasteiger partial charge in [-0.2, -0.15) is 4.37 Å². The summed E-state index contributed by atoms with van der Waals surface area (Å²) in [7, 11) is 0. The van der Waals surface area contributed by atoms with Crippen molar-refractivity contribution in [2.45, 2.75) is 20.8 Å². The van der Waals surface area contributed by atoms with Gasteiger partial charge in [0.1, 0.15) is 10.7 Å². The summed E-state index contributed by atoms with van der Waals surface area (Å²) in [5.74, 6) is 0.372. The van der Waals surface area contributed by atoms with E-state index in [2.05, 4.69) is 19.7 Å². The molecule has 1 amide bonds. The Morgan fingerprint density at radius 3 is 2.71 bits per heavy atom. The number of anilines is 2. The lowest BCUT2D eigenvalue weighted by Crippen LogP contribution is -2.11. The van der Waals surface area contributed by atoms with Crippen molar-refractivity contribution in [3.63, 3.8) is 0 Å². The zero-order valence-corrected chi connectivity index (χ0v) is 13.4. The molecule has 0 saturated heterocycles. The number of hydrogen-bond donors (Lipinski definition) is 2. The molecule has 3 rings (SSSR count). The number of amides is 1. The molecule has 0 aliphatic heterocycles. The van der Waals surface area contributed by atoms with Gasteiger partial charge in [0.2, 0.25) is 5.13 Å². The number of aryl methyl sites for hydroxylation is 3. The number of carbonyl (C=O) groups is 1. The van der Waals surface area contributed by atoms with Crippen molar-refractivity contribution >= 4 is 49.7 Å². The predicted molar refractivity (Wildman–Crippen MR) is 86.1 cm³/mol. The Labute approximate surface area is 129 Å². The highest BCUT2D eigenvalue weighted by Gasteiger charge is 2.19. The molecule has 21 heavy (non-hydrogen) atoms. The van der Waals surface area contributed by atoms with E-state index in [0.717, 1.165) is 33.0 Å². The fourth-order valence-electron chi connectivity index (χ4n) is 2.15. The van der Waals surface area contributed by atoms with E-state index in [1.165, 1.54) is 11.3 Å². The first kappa shape index (κ1) is 13.9. The summed E-state index contributed by atoms with van der Waals surface area (Å²) < 4.78 is 5.00. The monoisotopic (exact) mass is 319 g/mol. The van der Waals surface area contributed by atoms with Gasteiger partial charge in [-0.05, 0) is 26.8 Å². The maximum absolute atomic E-state index is 12.3. The van der Waals surface area contributed by atoms with E-state index in [4.69, 9.17) is 5.73 Å². The number of carbonyl (C=O) groups excluding carboxylic acids is 1. The molecule has 0 radical (unpaired) electrons. The second kappa shape index (κ2) is 5.05. The topological polar surface area (TPSA) is 93.8 Å². The van der Waals surface area contributed by atoms with Crippen LogP contribution in [0.3, 0.4) is 0 Å². The number of nitrogens with two attached hydrogens (primary N) is 1. The maximum atomic E-state index is 12.3. The standard InChI is InChI=1S/C13H13N5OS2/c1-5-4-8-9(6(2)15-5)10(14)11(20-8)12(19)17-13-16-7(3)18-21-13/h4H,14H2,1-3H3,(H,16,17,18,19). The molecular formula is C13H13N5OS2. The van der Waals surface area contributed by atoms with Gasteiger partial charge >= 0.3 is 0 Å². The van der Waals surface area contributed by atoms with Gasteiger partial charge in [0.25, 0.3) is 5.91 Å². The first-order chi connectivity index (χ1) is 9.95. The van der Waals surface area contributed by atoms with E-state index in [1.54, 1.807) is 6.92 Å². The smallest absolute Gasteiger partial charge is 0.269 e. The number of rotatable bonds is 2. The summed E-state index contributed by atoms with van der Waals surface area (Å²) in [6.45, 7) is 5.60. The fraction of sp³-hybridized carbons (Fsp3) is 0.231. The number of nitrogen functional groups attached to an aromatic ring is 1. The third-order valence-corrected chi connectivity index (χ3v) is 4.85. The Hall–Kier alpha value is -2.06. The molecule has 0 atom stereocenters. The molecule has 0 unspecified atom stereocenters. The highest BCUT2D eigenvalue weighted by molar-refractivity contribution is 7.21. The van der Waals surface area contributed by atoms with E-state index >= 15 is 0 Å². The SMILES string of the molecule is Cc1cc2sc(C(=O)Nc3nc(C)ns3)c(N)c2c(C)n1. The molecule has 0 aromatic carbocycles. The van der Waals surface area contributed by atoms with Crippen LogP contribution in [-0.4, -0.2) is 20.2 Å². The Kier molecular flexibility index (Phi) is 3.34. The van der Waals surface area contributed by atoms with Crippen molar-refractivity contribution in [1.82, 2.24) is 14.3 Å². The molecule has 8 heteroatoms. The normalized spacial score (nSPS) is 11.0. The average Bonchev–Trinajstić information content (AvgIpc) is 2.93. The summed E-state index contributed by atoms with van der Waals surface area (Å²) in [4.78, 5) is 21.3. The van der Waals surface area contributed by atoms with Crippen LogP contribution >= 0.6 is 22.9 Å². The van der Waals surface area contributed by atoms with Crippen LogP contribution in [0.25, 0.3) is 10.1 Å². The van der Waals surface area contributed by atoms with E-state index in [-0.39, 0.29) is 5.91 Å². The van der Waals surface area contributed by atoms with Crippen LogP contribution in [0.1, 0.15) is 26.9 Å². The third-order valence-electron chi connectivity index (χ3n) is 2.97. The number of pyridine rings is 1. The summed E-state index contributed by atoms with van der Waals surface area (Å²) in [5.41, 5.74) is 8.35. The number of thiophene rings is 1. The largest absolute Gasteiger partial charge is 0.397 e. The molecule has 6 nitrogen and oxygen atoms in total. The zero-order chi connectivity index (χ0) is 15.1. The molecule has 3 aromatic heterocycles. The first-order valence-corrected chi connectivity index (χ1v) is 7.82. The van der Waals surface area contributed by atoms with Crippen LogP contribution in [0.5, 0.6) is 0 Å². The van der Waals surface area contributed by atoms with Crippen LogP contribution in [0, 0.1) is 20.8 Å². The molecule has 0 fully saturated rings. The number of nitrogens with zero attached hydrogens (tertiary/aromatic N) is 3. The van der Waals surface area contributed by atoms with Crippen molar-refractivity contribution < 1.29 is 4.79 Å². The van der Waals surface area contributed by atoms with E-state index in [0.29, 0.717) is 21.5 Å². The lowest BCUT2D eigenvalue weighted by Gasteiger charge is -2.01. The molecule has 0 saturated carbocycles. The van der Waals surface area contributed by atoms with Gasteiger partial charge in [-0.3, -0.25) is 15.1 Å². The summed E-state index contributed by atoms with van der Waals surface area (Å²) >= 11 is 2.52. The van der Waals surface area contributed by atoms with Crippen LogP contribution in [0.15, 0.2) is 6.07 Å². The molecule has 3 heterocycles. The molecule has 108 valence electrons. The quantitative estimate of drug-likeness (QED) is 0.757. The van der Waals surface area contributed by atoms with Crippen molar-refractivity contribution in [3.05, 3.63) is 28.2 Å². The summed E-state index contributed by atoms with van der Waals surface area (Å²) in [6.07, 6.45) is 0. The summed E-state index contributed by atoms with van der Waals surface area (Å²) in [5, 5.41) is 4.05. The molecule has 0 spiro atoms. The number of fused-ring (bicyclic) bond motifs is 1. The number of aromatic nitrogens is 3. The van der Waals surface area contributed by atoms with E-state index in [9.17, 15) is 4.79 Å². The Balaban J connectivity index is 2.02. The highest BCUT2D eigenvalue weighted by Crippen LogP contribution is 2.36. The summed E-state index contributed by atoms with van der Waals surface area (Å²) in [6, 6.07) is 1.94. The number of nitrogens with one attached hydrogen (secondary N) is 1. The zero-order valence-electron chi connectivity index (χ0n) is 11.7. The van der Waals surface area contributed by atoms with E-state index < -0.39 is 0 Å². The second-order valence-electron chi connectivity index (χ2n) is 4.67. The fourth-order valence-corrected chi connectivity index (χ4v) is 3.89. The minimum Gasteiger partial charge on any atom is -0.397 e. The van der Waals surface area contributed by atoms with Gasteiger partial charge in [-0.25, -0.2) is 4.98 Å². The average molecular weight is 319 g/mol. The molecule has 0 aliphatic rings.